The predicted octanol–water partition coefficient (Wildman–Crippen LogP) is 1.91. The van der Waals surface area contributed by atoms with Crippen LogP contribution < -0.4 is 0 Å². The van der Waals surface area contributed by atoms with Gasteiger partial charge in [0.25, 0.3) is 0 Å². The summed E-state index contributed by atoms with van der Waals surface area (Å²) in [7, 11) is 0. The molecule has 2 heteroatoms. The highest BCUT2D eigenvalue weighted by Gasteiger charge is 2.23. The third kappa shape index (κ3) is 2.04. The Kier molecular flexibility index (Phi) is 2.64. The van der Waals surface area contributed by atoms with Crippen LogP contribution in [-0.4, -0.2) is 5.78 Å². The van der Waals surface area contributed by atoms with Gasteiger partial charge in [0, 0.05) is 11.8 Å². The SMILES string of the molecule is CC(=O)[C@H]1CC[C@@H](C#N)CC1. The minimum Gasteiger partial charge on any atom is -0.300 e. The van der Waals surface area contributed by atoms with Gasteiger partial charge >= 0.3 is 0 Å². The van der Waals surface area contributed by atoms with E-state index in [0.29, 0.717) is 5.78 Å². The molecule has 1 fully saturated rings. The van der Waals surface area contributed by atoms with Crippen LogP contribution >= 0.6 is 0 Å². The zero-order chi connectivity index (χ0) is 8.27. The maximum absolute atomic E-state index is 10.9. The normalized spacial score (nSPS) is 30.9. The summed E-state index contributed by atoms with van der Waals surface area (Å²) in [5, 5.41) is 8.58. The average Bonchev–Trinajstić information content (AvgIpc) is 2.05. The average molecular weight is 151 g/mol. The topological polar surface area (TPSA) is 40.9 Å². The number of hydrogen-bond acceptors (Lipinski definition) is 2. The Balaban J connectivity index is 2.37. The molecule has 0 heterocycles. The van der Waals surface area contributed by atoms with Gasteiger partial charge in [0.15, 0.2) is 0 Å². The van der Waals surface area contributed by atoms with Crippen molar-refractivity contribution in [3.05, 3.63) is 0 Å². The second-order valence-corrected chi connectivity index (χ2v) is 3.29. The molecule has 1 rings (SSSR count). The van der Waals surface area contributed by atoms with E-state index < -0.39 is 0 Å². The maximum atomic E-state index is 10.9. The highest BCUT2D eigenvalue weighted by Crippen LogP contribution is 2.28. The largest absolute Gasteiger partial charge is 0.300 e. The first-order valence-corrected chi connectivity index (χ1v) is 4.14. The van der Waals surface area contributed by atoms with E-state index in [-0.39, 0.29) is 11.8 Å². The van der Waals surface area contributed by atoms with Crippen molar-refractivity contribution >= 4 is 5.78 Å². The van der Waals surface area contributed by atoms with Gasteiger partial charge in [0.2, 0.25) is 0 Å². The number of rotatable bonds is 1. The predicted molar refractivity (Wildman–Crippen MR) is 41.7 cm³/mol. The molecule has 0 spiro atoms. The first kappa shape index (κ1) is 8.26. The molecule has 2 nitrogen and oxygen atoms in total. The summed E-state index contributed by atoms with van der Waals surface area (Å²) < 4.78 is 0. The van der Waals surface area contributed by atoms with E-state index in [4.69, 9.17) is 5.26 Å². The minimum absolute atomic E-state index is 0.214. The quantitative estimate of drug-likeness (QED) is 0.574. The van der Waals surface area contributed by atoms with Crippen LogP contribution in [0.3, 0.4) is 0 Å². The summed E-state index contributed by atoms with van der Waals surface area (Å²) in [4.78, 5) is 10.9. The summed E-state index contributed by atoms with van der Waals surface area (Å²) in [5.74, 6) is 0.756. The standard InChI is InChI=1S/C9H13NO/c1-7(11)9-4-2-8(6-10)3-5-9/h8-9H,2-5H2,1H3/t8-,9+. The summed E-state index contributed by atoms with van der Waals surface area (Å²) in [5.41, 5.74) is 0. The van der Waals surface area contributed by atoms with Crippen molar-refractivity contribution in [3.8, 4) is 6.07 Å². The van der Waals surface area contributed by atoms with Gasteiger partial charge in [0.05, 0.1) is 6.07 Å². The first-order valence-electron chi connectivity index (χ1n) is 4.14. The third-order valence-electron chi connectivity index (χ3n) is 2.48. The lowest BCUT2D eigenvalue weighted by atomic mass is 9.81. The second kappa shape index (κ2) is 3.52. The Hall–Kier alpha value is -0.840. The van der Waals surface area contributed by atoms with Gasteiger partial charge < -0.3 is 0 Å². The van der Waals surface area contributed by atoms with Crippen LogP contribution in [0, 0.1) is 23.2 Å². The molecule has 0 aromatic heterocycles. The fourth-order valence-electron chi connectivity index (χ4n) is 1.63. The molecule has 0 amide bonds. The van der Waals surface area contributed by atoms with Crippen LogP contribution in [0.5, 0.6) is 0 Å². The minimum atomic E-state index is 0.214. The smallest absolute Gasteiger partial charge is 0.132 e. The van der Waals surface area contributed by atoms with Gasteiger partial charge in [-0.2, -0.15) is 5.26 Å². The summed E-state index contributed by atoms with van der Waals surface area (Å²) in [6.45, 7) is 1.65. The molecule has 0 aromatic rings. The van der Waals surface area contributed by atoms with Crippen LogP contribution in [-0.2, 0) is 4.79 Å². The van der Waals surface area contributed by atoms with Crippen LogP contribution in [0.25, 0.3) is 0 Å². The van der Waals surface area contributed by atoms with Crippen LogP contribution in [0.1, 0.15) is 32.6 Å². The van der Waals surface area contributed by atoms with Gasteiger partial charge in [-0.05, 0) is 32.6 Å². The summed E-state index contributed by atoms with van der Waals surface area (Å²) >= 11 is 0. The number of nitrogens with zero attached hydrogens (tertiary/aromatic N) is 1. The third-order valence-corrected chi connectivity index (χ3v) is 2.48. The fourth-order valence-corrected chi connectivity index (χ4v) is 1.63. The van der Waals surface area contributed by atoms with Crippen molar-refractivity contribution < 1.29 is 4.79 Å². The molecule has 1 aliphatic carbocycles. The Bertz CT molecular complexity index is 184. The highest BCUT2D eigenvalue weighted by molar-refractivity contribution is 5.78. The van der Waals surface area contributed by atoms with Crippen molar-refractivity contribution in [2.24, 2.45) is 11.8 Å². The van der Waals surface area contributed by atoms with E-state index in [1.807, 2.05) is 0 Å². The second-order valence-electron chi connectivity index (χ2n) is 3.29. The molecule has 11 heavy (non-hydrogen) atoms. The maximum Gasteiger partial charge on any atom is 0.132 e. The Labute approximate surface area is 67.2 Å². The zero-order valence-electron chi connectivity index (χ0n) is 6.84. The van der Waals surface area contributed by atoms with Crippen molar-refractivity contribution in [2.75, 3.05) is 0 Å². The van der Waals surface area contributed by atoms with E-state index in [9.17, 15) is 4.79 Å². The summed E-state index contributed by atoms with van der Waals surface area (Å²) in [6, 6.07) is 2.25. The summed E-state index contributed by atoms with van der Waals surface area (Å²) in [6.07, 6.45) is 3.68. The lowest BCUT2D eigenvalue weighted by Gasteiger charge is -2.22. The van der Waals surface area contributed by atoms with Gasteiger partial charge in [-0.25, -0.2) is 0 Å². The fraction of sp³-hybridized carbons (Fsp3) is 0.778. The van der Waals surface area contributed by atoms with Crippen molar-refractivity contribution in [3.63, 3.8) is 0 Å². The van der Waals surface area contributed by atoms with Gasteiger partial charge in [-0.3, -0.25) is 4.79 Å². The van der Waals surface area contributed by atoms with Gasteiger partial charge in [-0.1, -0.05) is 0 Å². The van der Waals surface area contributed by atoms with E-state index in [1.165, 1.54) is 0 Å². The number of hydrogen-bond donors (Lipinski definition) is 0. The number of carbonyl (C=O) groups excluding carboxylic acids is 1. The molecule has 0 radical (unpaired) electrons. The lowest BCUT2D eigenvalue weighted by Crippen LogP contribution is -2.18. The van der Waals surface area contributed by atoms with Gasteiger partial charge in [-0.15, -0.1) is 0 Å². The molecule has 1 saturated carbocycles. The molecule has 0 bridgehead atoms. The number of carbonyl (C=O) groups is 1. The lowest BCUT2D eigenvalue weighted by molar-refractivity contribution is -0.121. The van der Waals surface area contributed by atoms with Crippen LogP contribution in [0.4, 0.5) is 0 Å². The molecule has 0 N–H and O–H groups in total. The van der Waals surface area contributed by atoms with Crippen molar-refractivity contribution in [1.82, 2.24) is 0 Å². The monoisotopic (exact) mass is 151 g/mol. The Morgan fingerprint density at radius 2 is 1.91 bits per heavy atom. The Morgan fingerprint density at radius 1 is 1.36 bits per heavy atom. The number of nitriles is 1. The van der Waals surface area contributed by atoms with E-state index in [0.717, 1.165) is 25.7 Å². The molecule has 0 atom stereocenters. The molecule has 0 aromatic carbocycles. The Morgan fingerprint density at radius 3 is 2.27 bits per heavy atom. The van der Waals surface area contributed by atoms with E-state index >= 15 is 0 Å². The molecule has 60 valence electrons. The molecular formula is C9H13NO. The highest BCUT2D eigenvalue weighted by atomic mass is 16.1. The van der Waals surface area contributed by atoms with Crippen molar-refractivity contribution in [2.45, 2.75) is 32.6 Å². The van der Waals surface area contributed by atoms with E-state index in [1.54, 1.807) is 6.92 Å². The van der Waals surface area contributed by atoms with Gasteiger partial charge in [0.1, 0.15) is 5.78 Å². The first-order chi connectivity index (χ1) is 5.24. The van der Waals surface area contributed by atoms with Crippen molar-refractivity contribution in [1.29, 1.82) is 5.26 Å². The molecule has 0 unspecified atom stereocenters. The molecule has 1 aliphatic rings. The van der Waals surface area contributed by atoms with Crippen LogP contribution in [0.2, 0.25) is 0 Å². The van der Waals surface area contributed by atoms with Crippen LogP contribution in [0.15, 0.2) is 0 Å². The zero-order valence-corrected chi connectivity index (χ0v) is 6.84. The molecule has 0 aliphatic heterocycles. The molecule has 0 saturated heterocycles. The number of ketones is 1. The number of Topliss-reactive ketones (excluding diaryl/α,β-unsaturated/α-hetero) is 1. The van der Waals surface area contributed by atoms with E-state index in [2.05, 4.69) is 6.07 Å². The molecular weight excluding hydrogens is 138 g/mol.